The molecule has 2 aliphatic rings. The van der Waals surface area contributed by atoms with E-state index >= 15 is 0 Å². The average Bonchev–Trinajstić information content (AvgIpc) is 2.59. The largest absolute Gasteiger partial charge is 0.300 e. The second-order valence-electron chi connectivity index (χ2n) is 4.79. The van der Waals surface area contributed by atoms with E-state index in [9.17, 15) is 0 Å². The van der Waals surface area contributed by atoms with Crippen molar-refractivity contribution in [3.05, 3.63) is 0 Å². The molecule has 0 aromatic rings. The maximum absolute atomic E-state index is 2.64. The van der Waals surface area contributed by atoms with E-state index in [4.69, 9.17) is 0 Å². The number of hydrogen-bond acceptors (Lipinski definition) is 1. The van der Waals surface area contributed by atoms with Gasteiger partial charge in [-0.3, -0.25) is 0 Å². The molecule has 0 bridgehead atoms. The van der Waals surface area contributed by atoms with E-state index in [0.29, 0.717) is 0 Å². The van der Waals surface area contributed by atoms with Gasteiger partial charge in [-0.1, -0.05) is 6.92 Å². The molecule has 1 spiro atoms. The van der Waals surface area contributed by atoms with E-state index in [2.05, 4.69) is 25.7 Å². The molecular weight excluding hydrogens is 134 g/mol. The Bertz CT molecular complexity index is 158. The van der Waals surface area contributed by atoms with Gasteiger partial charge in [0.05, 0.1) is 0 Å². The molecule has 11 heavy (non-hydrogen) atoms. The summed E-state index contributed by atoms with van der Waals surface area (Å²) in [7, 11) is 0. The van der Waals surface area contributed by atoms with Crippen LogP contribution in [-0.2, 0) is 0 Å². The molecule has 0 radical (unpaired) electrons. The molecule has 1 heteroatoms. The van der Waals surface area contributed by atoms with Gasteiger partial charge in [0.1, 0.15) is 0 Å². The van der Waals surface area contributed by atoms with Crippen molar-refractivity contribution in [1.29, 1.82) is 0 Å². The van der Waals surface area contributed by atoms with E-state index in [-0.39, 0.29) is 0 Å². The lowest BCUT2D eigenvalue weighted by Gasteiger charge is -2.19. The van der Waals surface area contributed by atoms with Gasteiger partial charge in [-0.15, -0.1) is 0 Å². The quantitative estimate of drug-likeness (QED) is 0.558. The minimum absolute atomic E-state index is 0.762. The smallest absolute Gasteiger partial charge is 0.00438 e. The molecule has 64 valence electrons. The molecule has 0 unspecified atom stereocenters. The molecule has 0 amide bonds. The third-order valence-corrected chi connectivity index (χ3v) is 3.69. The Kier molecular flexibility index (Phi) is 1.54. The normalized spacial score (nSPS) is 35.5. The lowest BCUT2D eigenvalue weighted by Crippen LogP contribution is -2.28. The molecule has 0 aromatic carbocycles. The first-order valence-corrected chi connectivity index (χ1v) is 4.88. The van der Waals surface area contributed by atoms with Crippen molar-refractivity contribution < 1.29 is 0 Å². The molecule has 0 N–H and O–H groups in total. The maximum Gasteiger partial charge on any atom is 0.00438 e. The summed E-state index contributed by atoms with van der Waals surface area (Å²) in [6.45, 7) is 9.78. The van der Waals surface area contributed by atoms with Crippen molar-refractivity contribution in [2.75, 3.05) is 13.1 Å². The first-order valence-electron chi connectivity index (χ1n) is 4.88. The van der Waals surface area contributed by atoms with Gasteiger partial charge in [0.2, 0.25) is 0 Å². The summed E-state index contributed by atoms with van der Waals surface area (Å²) >= 11 is 0. The van der Waals surface area contributed by atoms with Gasteiger partial charge in [0.25, 0.3) is 0 Å². The summed E-state index contributed by atoms with van der Waals surface area (Å²) in [5, 5.41) is 0. The highest BCUT2D eigenvalue weighted by molar-refractivity contribution is 5.04. The van der Waals surface area contributed by atoms with Crippen LogP contribution in [0.5, 0.6) is 0 Å². The maximum atomic E-state index is 2.64. The van der Waals surface area contributed by atoms with Crippen molar-refractivity contribution in [3.8, 4) is 0 Å². The van der Waals surface area contributed by atoms with Crippen LogP contribution >= 0.6 is 0 Å². The van der Waals surface area contributed by atoms with E-state index in [0.717, 1.165) is 17.4 Å². The molecule has 1 saturated heterocycles. The highest BCUT2D eigenvalue weighted by atomic mass is 15.2. The summed E-state index contributed by atoms with van der Waals surface area (Å²) in [5.74, 6) is 0.963. The SMILES string of the molecule is CC(C)N1C[C@@H](C)C2(CC2)C1. The predicted octanol–water partition coefficient (Wildman–Crippen LogP) is 2.13. The Labute approximate surface area is 69.8 Å². The third-order valence-electron chi connectivity index (χ3n) is 3.69. The number of rotatable bonds is 1. The molecule has 1 saturated carbocycles. The first kappa shape index (κ1) is 7.60. The van der Waals surface area contributed by atoms with Crippen LogP contribution < -0.4 is 0 Å². The summed E-state index contributed by atoms with van der Waals surface area (Å²) in [4.78, 5) is 2.64. The van der Waals surface area contributed by atoms with E-state index in [1.165, 1.54) is 25.9 Å². The van der Waals surface area contributed by atoms with Crippen LogP contribution in [0.4, 0.5) is 0 Å². The minimum Gasteiger partial charge on any atom is -0.300 e. The fourth-order valence-electron chi connectivity index (χ4n) is 2.38. The Balaban J connectivity index is 2.01. The second kappa shape index (κ2) is 2.22. The van der Waals surface area contributed by atoms with Crippen LogP contribution in [0, 0.1) is 11.3 Å². The third kappa shape index (κ3) is 1.10. The Morgan fingerprint density at radius 2 is 2.00 bits per heavy atom. The van der Waals surface area contributed by atoms with E-state index in [1.807, 2.05) is 0 Å². The van der Waals surface area contributed by atoms with Gasteiger partial charge in [0, 0.05) is 19.1 Å². The van der Waals surface area contributed by atoms with E-state index in [1.54, 1.807) is 0 Å². The summed E-state index contributed by atoms with van der Waals surface area (Å²) < 4.78 is 0. The van der Waals surface area contributed by atoms with Gasteiger partial charge in [-0.2, -0.15) is 0 Å². The van der Waals surface area contributed by atoms with Crippen LogP contribution in [0.2, 0.25) is 0 Å². The minimum atomic E-state index is 0.762. The van der Waals surface area contributed by atoms with Gasteiger partial charge in [-0.25, -0.2) is 0 Å². The van der Waals surface area contributed by atoms with Crippen molar-refractivity contribution in [3.63, 3.8) is 0 Å². The molecule has 1 atom stereocenters. The zero-order valence-electron chi connectivity index (χ0n) is 7.93. The number of nitrogens with zero attached hydrogens (tertiary/aromatic N) is 1. The Hall–Kier alpha value is -0.0400. The van der Waals surface area contributed by atoms with Crippen LogP contribution in [0.15, 0.2) is 0 Å². The lowest BCUT2D eigenvalue weighted by molar-refractivity contribution is 0.260. The van der Waals surface area contributed by atoms with Gasteiger partial charge >= 0.3 is 0 Å². The number of likely N-dealkylation sites (tertiary alicyclic amines) is 1. The standard InChI is InChI=1S/C10H19N/c1-8(2)11-6-9(3)10(7-11)4-5-10/h8-9H,4-7H2,1-3H3/t9-/m1/s1. The first-order chi connectivity index (χ1) is 5.14. The summed E-state index contributed by atoms with van der Waals surface area (Å²) in [6, 6.07) is 0.762. The van der Waals surface area contributed by atoms with Crippen LogP contribution in [0.1, 0.15) is 33.6 Å². The molecule has 1 heterocycles. The molecular formula is C10H19N. The second-order valence-corrected chi connectivity index (χ2v) is 4.79. The zero-order chi connectivity index (χ0) is 8.06. The highest BCUT2D eigenvalue weighted by Crippen LogP contribution is 2.56. The molecule has 1 aliphatic carbocycles. The van der Waals surface area contributed by atoms with Crippen molar-refractivity contribution in [2.45, 2.75) is 39.7 Å². The van der Waals surface area contributed by atoms with Crippen LogP contribution in [-0.4, -0.2) is 24.0 Å². The fourth-order valence-corrected chi connectivity index (χ4v) is 2.38. The monoisotopic (exact) mass is 153 g/mol. The summed E-state index contributed by atoms with van der Waals surface area (Å²) in [6.07, 6.45) is 2.99. The Morgan fingerprint density at radius 1 is 1.36 bits per heavy atom. The molecule has 2 rings (SSSR count). The molecule has 1 aliphatic heterocycles. The Morgan fingerprint density at radius 3 is 2.27 bits per heavy atom. The number of hydrogen-bond donors (Lipinski definition) is 0. The van der Waals surface area contributed by atoms with Crippen molar-refractivity contribution in [2.24, 2.45) is 11.3 Å². The molecule has 1 nitrogen and oxygen atoms in total. The lowest BCUT2D eigenvalue weighted by atomic mass is 9.95. The molecule has 0 aromatic heterocycles. The summed E-state index contributed by atoms with van der Waals surface area (Å²) in [5.41, 5.74) is 0.782. The van der Waals surface area contributed by atoms with Crippen LogP contribution in [0.25, 0.3) is 0 Å². The molecule has 2 fully saturated rings. The fraction of sp³-hybridized carbons (Fsp3) is 1.00. The van der Waals surface area contributed by atoms with Gasteiger partial charge in [0.15, 0.2) is 0 Å². The van der Waals surface area contributed by atoms with Gasteiger partial charge in [-0.05, 0) is 38.0 Å². The van der Waals surface area contributed by atoms with Crippen LogP contribution in [0.3, 0.4) is 0 Å². The zero-order valence-corrected chi connectivity index (χ0v) is 7.93. The van der Waals surface area contributed by atoms with Gasteiger partial charge < -0.3 is 4.90 Å². The predicted molar refractivity (Wildman–Crippen MR) is 47.5 cm³/mol. The average molecular weight is 153 g/mol. The van der Waals surface area contributed by atoms with Crippen molar-refractivity contribution >= 4 is 0 Å². The van der Waals surface area contributed by atoms with Crippen molar-refractivity contribution in [1.82, 2.24) is 4.90 Å². The topological polar surface area (TPSA) is 3.24 Å². The van der Waals surface area contributed by atoms with E-state index < -0.39 is 0 Å². The highest BCUT2D eigenvalue weighted by Gasteiger charge is 2.52.